The molecule has 7 heteroatoms. The molecule has 25 heavy (non-hydrogen) atoms. The Bertz CT molecular complexity index is 1010. The number of hydrogen-bond acceptors (Lipinski definition) is 3. The van der Waals surface area contributed by atoms with Crippen molar-refractivity contribution in [2.75, 3.05) is 13.7 Å². The van der Waals surface area contributed by atoms with E-state index >= 15 is 0 Å². The maximum atomic E-state index is 13.4. The van der Waals surface area contributed by atoms with Crippen LogP contribution in [0, 0.1) is 12.7 Å². The minimum absolute atomic E-state index is 0.191. The minimum Gasteiger partial charge on any atom is -0.496 e. The van der Waals surface area contributed by atoms with Crippen molar-refractivity contribution in [1.82, 2.24) is 9.71 Å². The minimum atomic E-state index is -3.61. The second-order valence-electron chi connectivity index (χ2n) is 5.78. The van der Waals surface area contributed by atoms with Crippen molar-refractivity contribution in [1.29, 1.82) is 0 Å². The van der Waals surface area contributed by atoms with Crippen LogP contribution in [0.3, 0.4) is 0 Å². The lowest BCUT2D eigenvalue weighted by Crippen LogP contribution is -2.26. The number of aromatic nitrogens is 1. The predicted molar refractivity (Wildman–Crippen MR) is 94.9 cm³/mol. The highest BCUT2D eigenvalue weighted by atomic mass is 32.2. The second-order valence-corrected chi connectivity index (χ2v) is 7.55. The number of aromatic amines is 1. The van der Waals surface area contributed by atoms with Crippen LogP contribution in [-0.2, 0) is 16.4 Å². The largest absolute Gasteiger partial charge is 0.496 e. The molecule has 1 aromatic heterocycles. The van der Waals surface area contributed by atoms with Crippen molar-refractivity contribution in [2.24, 2.45) is 0 Å². The Kier molecular flexibility index (Phi) is 4.78. The Morgan fingerprint density at radius 2 is 2.00 bits per heavy atom. The molecule has 0 saturated carbocycles. The number of nitrogens with one attached hydrogen (secondary N) is 2. The average Bonchev–Trinajstić information content (AvgIpc) is 2.97. The average molecular weight is 362 g/mol. The number of rotatable bonds is 6. The van der Waals surface area contributed by atoms with Gasteiger partial charge in [-0.05, 0) is 60.9 Å². The maximum absolute atomic E-state index is 13.4. The van der Waals surface area contributed by atoms with Crippen molar-refractivity contribution < 1.29 is 17.5 Å². The van der Waals surface area contributed by atoms with Crippen LogP contribution in [0.5, 0.6) is 5.75 Å². The summed E-state index contributed by atoms with van der Waals surface area (Å²) in [7, 11) is -2.07. The van der Waals surface area contributed by atoms with Crippen LogP contribution in [0.4, 0.5) is 4.39 Å². The summed E-state index contributed by atoms with van der Waals surface area (Å²) >= 11 is 0. The van der Waals surface area contributed by atoms with E-state index in [1.807, 2.05) is 0 Å². The molecule has 3 rings (SSSR count). The van der Waals surface area contributed by atoms with Gasteiger partial charge in [-0.3, -0.25) is 0 Å². The summed E-state index contributed by atoms with van der Waals surface area (Å²) in [5.41, 5.74) is 2.44. The Labute approximate surface area is 145 Å². The van der Waals surface area contributed by atoms with Gasteiger partial charge in [-0.25, -0.2) is 17.5 Å². The maximum Gasteiger partial charge on any atom is 0.240 e. The molecule has 0 aliphatic heterocycles. The summed E-state index contributed by atoms with van der Waals surface area (Å²) < 4.78 is 45.9. The fourth-order valence-corrected chi connectivity index (χ4v) is 3.90. The van der Waals surface area contributed by atoms with E-state index in [0.717, 1.165) is 22.0 Å². The number of sulfonamides is 1. The molecule has 0 bridgehead atoms. The van der Waals surface area contributed by atoms with Crippen molar-refractivity contribution in [3.63, 3.8) is 0 Å². The monoisotopic (exact) mass is 362 g/mol. The third-order valence-electron chi connectivity index (χ3n) is 4.09. The molecule has 0 saturated heterocycles. The zero-order chi connectivity index (χ0) is 18.0. The first-order valence-corrected chi connectivity index (χ1v) is 9.29. The van der Waals surface area contributed by atoms with Crippen LogP contribution in [-0.4, -0.2) is 27.1 Å². The summed E-state index contributed by atoms with van der Waals surface area (Å²) in [5.74, 6) is 0.322. The molecule has 0 amide bonds. The molecule has 5 nitrogen and oxygen atoms in total. The predicted octanol–water partition coefficient (Wildman–Crippen LogP) is 3.15. The lowest BCUT2D eigenvalue weighted by Gasteiger charge is -2.09. The summed E-state index contributed by atoms with van der Waals surface area (Å²) in [6, 6.07) is 9.21. The number of hydrogen-bond donors (Lipinski definition) is 2. The highest BCUT2D eigenvalue weighted by molar-refractivity contribution is 7.89. The molecule has 0 atom stereocenters. The van der Waals surface area contributed by atoms with Crippen molar-refractivity contribution in [3.05, 3.63) is 59.5 Å². The fraction of sp³-hybridized carbons (Fsp3) is 0.222. The van der Waals surface area contributed by atoms with Gasteiger partial charge < -0.3 is 9.72 Å². The number of methoxy groups -OCH3 is 1. The molecule has 0 radical (unpaired) electrons. The van der Waals surface area contributed by atoms with E-state index in [2.05, 4.69) is 9.71 Å². The Morgan fingerprint density at radius 1 is 1.20 bits per heavy atom. The zero-order valence-corrected chi connectivity index (χ0v) is 14.8. The van der Waals surface area contributed by atoms with Crippen LogP contribution < -0.4 is 9.46 Å². The third-order valence-corrected chi connectivity index (χ3v) is 5.55. The standard InChI is InChI=1S/C18H19FN2O3S/c1-12-9-15(4-6-18(12)24-2)25(22,23)21-8-7-13-11-20-17-5-3-14(19)10-16(13)17/h3-6,9-11,20-21H,7-8H2,1-2H3. The molecule has 3 aromatic rings. The molecular weight excluding hydrogens is 343 g/mol. The lowest BCUT2D eigenvalue weighted by molar-refractivity contribution is 0.411. The van der Waals surface area contributed by atoms with Gasteiger partial charge in [0, 0.05) is 23.6 Å². The van der Waals surface area contributed by atoms with Gasteiger partial charge in [0.15, 0.2) is 0 Å². The van der Waals surface area contributed by atoms with Crippen molar-refractivity contribution >= 4 is 20.9 Å². The molecular formula is C18H19FN2O3S. The Morgan fingerprint density at radius 3 is 2.72 bits per heavy atom. The number of benzene rings is 2. The van der Waals surface area contributed by atoms with E-state index in [4.69, 9.17) is 4.74 Å². The molecule has 0 aliphatic carbocycles. The van der Waals surface area contributed by atoms with E-state index < -0.39 is 10.0 Å². The quantitative estimate of drug-likeness (QED) is 0.708. The Balaban J connectivity index is 1.72. The number of halogens is 1. The molecule has 2 aromatic carbocycles. The van der Waals surface area contributed by atoms with Gasteiger partial charge in [0.25, 0.3) is 0 Å². The zero-order valence-electron chi connectivity index (χ0n) is 14.0. The van der Waals surface area contributed by atoms with Crippen LogP contribution in [0.15, 0.2) is 47.5 Å². The van der Waals surface area contributed by atoms with Gasteiger partial charge in [-0.15, -0.1) is 0 Å². The molecule has 2 N–H and O–H groups in total. The molecule has 0 unspecified atom stereocenters. The third kappa shape index (κ3) is 3.67. The first-order valence-electron chi connectivity index (χ1n) is 7.80. The van der Waals surface area contributed by atoms with Crippen LogP contribution in [0.1, 0.15) is 11.1 Å². The van der Waals surface area contributed by atoms with E-state index in [9.17, 15) is 12.8 Å². The van der Waals surface area contributed by atoms with Crippen LogP contribution in [0.25, 0.3) is 10.9 Å². The number of fused-ring (bicyclic) bond motifs is 1. The normalized spacial score (nSPS) is 11.8. The number of aryl methyl sites for hydroxylation is 1. The smallest absolute Gasteiger partial charge is 0.240 e. The van der Waals surface area contributed by atoms with Gasteiger partial charge in [0.1, 0.15) is 11.6 Å². The van der Waals surface area contributed by atoms with E-state index in [-0.39, 0.29) is 17.3 Å². The number of ether oxygens (including phenoxy) is 1. The van der Waals surface area contributed by atoms with E-state index in [0.29, 0.717) is 12.2 Å². The molecule has 0 aliphatic rings. The van der Waals surface area contributed by atoms with Crippen LogP contribution >= 0.6 is 0 Å². The van der Waals surface area contributed by atoms with E-state index in [1.165, 1.54) is 18.2 Å². The van der Waals surface area contributed by atoms with Gasteiger partial charge in [0.2, 0.25) is 10.0 Å². The van der Waals surface area contributed by atoms with Crippen molar-refractivity contribution in [3.8, 4) is 5.75 Å². The summed E-state index contributed by atoms with van der Waals surface area (Å²) in [4.78, 5) is 3.25. The van der Waals surface area contributed by atoms with E-state index in [1.54, 1.807) is 38.4 Å². The summed E-state index contributed by atoms with van der Waals surface area (Å²) in [6.45, 7) is 2.01. The molecule has 0 fully saturated rings. The van der Waals surface area contributed by atoms with Gasteiger partial charge in [0.05, 0.1) is 12.0 Å². The van der Waals surface area contributed by atoms with Crippen molar-refractivity contribution in [2.45, 2.75) is 18.2 Å². The first kappa shape index (κ1) is 17.4. The molecule has 132 valence electrons. The number of H-pyrrole nitrogens is 1. The highest BCUT2D eigenvalue weighted by Gasteiger charge is 2.15. The van der Waals surface area contributed by atoms with Gasteiger partial charge in [-0.2, -0.15) is 0 Å². The highest BCUT2D eigenvalue weighted by Crippen LogP contribution is 2.22. The van der Waals surface area contributed by atoms with Crippen LogP contribution in [0.2, 0.25) is 0 Å². The topological polar surface area (TPSA) is 71.2 Å². The lowest BCUT2D eigenvalue weighted by atomic mass is 10.1. The second kappa shape index (κ2) is 6.85. The van der Waals surface area contributed by atoms with Gasteiger partial charge >= 0.3 is 0 Å². The molecule has 0 spiro atoms. The summed E-state index contributed by atoms with van der Waals surface area (Å²) in [6.07, 6.45) is 2.23. The fourth-order valence-electron chi connectivity index (χ4n) is 2.78. The SMILES string of the molecule is COc1ccc(S(=O)(=O)NCCc2c[nH]c3ccc(F)cc23)cc1C. The Hall–Kier alpha value is -2.38. The summed E-state index contributed by atoms with van der Waals surface area (Å²) in [5, 5.41) is 0.763. The molecule has 1 heterocycles. The first-order chi connectivity index (χ1) is 11.9. The van der Waals surface area contributed by atoms with Gasteiger partial charge in [-0.1, -0.05) is 0 Å².